The number of esters is 1. The van der Waals surface area contributed by atoms with Gasteiger partial charge in [0, 0.05) is 49.2 Å². The number of allylic oxidation sites excluding steroid dienone is 2. The number of nitrogens with zero attached hydrogens (tertiary/aromatic N) is 4. The summed E-state index contributed by atoms with van der Waals surface area (Å²) in [6.07, 6.45) is 1.03. The summed E-state index contributed by atoms with van der Waals surface area (Å²) < 4.78 is 41.0. The molecule has 1 unspecified atom stereocenters. The highest BCUT2D eigenvalue weighted by atomic mass is 35.5. The topological polar surface area (TPSA) is 117 Å². The van der Waals surface area contributed by atoms with E-state index in [2.05, 4.69) is 20.0 Å². The second-order valence-corrected chi connectivity index (χ2v) is 10.8. The summed E-state index contributed by atoms with van der Waals surface area (Å²) in [4.78, 5) is 36.5. The molecule has 1 aromatic carbocycles. The molecule has 2 N–H and O–H groups in total. The van der Waals surface area contributed by atoms with Crippen molar-refractivity contribution in [3.05, 3.63) is 40.4 Å². The number of nitrogens with one attached hydrogen (secondary N) is 1. The zero-order valence-corrected chi connectivity index (χ0v) is 23.5. The second-order valence-electron chi connectivity index (χ2n) is 10.4. The van der Waals surface area contributed by atoms with Crippen LogP contribution in [0.25, 0.3) is 16.5 Å². The number of anilines is 2. The molecule has 0 spiro atoms. The van der Waals surface area contributed by atoms with Gasteiger partial charge in [0.15, 0.2) is 5.82 Å². The lowest BCUT2D eigenvalue weighted by atomic mass is 9.92. The predicted molar refractivity (Wildman–Crippen MR) is 147 cm³/mol. The van der Waals surface area contributed by atoms with Crippen LogP contribution in [0.4, 0.5) is 25.3 Å². The first-order chi connectivity index (χ1) is 18.9. The minimum Gasteiger partial charge on any atom is -0.469 e. The zero-order valence-electron chi connectivity index (χ0n) is 22.8. The highest BCUT2D eigenvalue weighted by Gasteiger charge is 2.31. The Balaban J connectivity index is 1.74. The largest absolute Gasteiger partial charge is 0.469 e. The molecule has 0 saturated carbocycles. The Morgan fingerprint density at radius 3 is 2.52 bits per heavy atom. The molecule has 2 aliphatic rings. The van der Waals surface area contributed by atoms with E-state index in [1.807, 2.05) is 4.90 Å². The molecule has 1 aromatic heterocycles. The first kappa shape index (κ1) is 29.5. The molecular formula is C27H32ClF2N5O5. The van der Waals surface area contributed by atoms with Crippen molar-refractivity contribution in [3.63, 3.8) is 0 Å². The maximum atomic E-state index is 16.1. The Hall–Kier alpha value is -3.51. The molecule has 1 aliphatic heterocycles. The third kappa shape index (κ3) is 6.44. The van der Waals surface area contributed by atoms with Gasteiger partial charge < -0.3 is 29.7 Å². The first-order valence-electron chi connectivity index (χ1n) is 12.9. The number of aliphatic hydroxyl groups is 1. The Labute approximate surface area is 235 Å². The van der Waals surface area contributed by atoms with Gasteiger partial charge in [-0.25, -0.2) is 18.6 Å². The van der Waals surface area contributed by atoms with Gasteiger partial charge in [0.25, 0.3) is 0 Å². The fourth-order valence-electron chi connectivity index (χ4n) is 4.51. The molecule has 2 aromatic rings. The molecule has 0 bridgehead atoms. The normalized spacial score (nSPS) is 17.9. The van der Waals surface area contributed by atoms with Crippen molar-refractivity contribution < 1.29 is 33.0 Å². The number of halogens is 3. The van der Waals surface area contributed by atoms with E-state index >= 15 is 4.39 Å². The molecular weight excluding hydrogens is 548 g/mol. The SMILES string of the molecule is COC(=O)CCNc1nc(N2CCN(C(=O)OC(C)(C)C)CC2)c2cc(Cl)c(C3=C(F)C=CCC3O)c(F)c2n1. The highest BCUT2D eigenvalue weighted by molar-refractivity contribution is 6.33. The van der Waals surface area contributed by atoms with Crippen LogP contribution in [0.15, 0.2) is 24.0 Å². The minimum absolute atomic E-state index is 0.0206. The van der Waals surface area contributed by atoms with E-state index in [9.17, 15) is 19.1 Å². The standard InChI is InChI=1S/C27H32ClF2N5O5/c1-27(2,3)40-26(38)35-12-10-34(11-13-35)24-15-14-16(28)20(21-17(29)6-5-7-18(21)36)22(30)23(15)32-25(33-24)31-9-8-19(37)39-4/h5-6,14,18,36H,7-13H2,1-4H3,(H,31,32,33). The quantitative estimate of drug-likeness (QED) is 0.478. The third-order valence-corrected chi connectivity index (χ3v) is 6.72. The summed E-state index contributed by atoms with van der Waals surface area (Å²) >= 11 is 6.50. The van der Waals surface area contributed by atoms with E-state index < -0.39 is 35.4 Å². The predicted octanol–water partition coefficient (Wildman–Crippen LogP) is 4.46. The van der Waals surface area contributed by atoms with Gasteiger partial charge in [0.05, 0.1) is 24.7 Å². The summed E-state index contributed by atoms with van der Waals surface area (Å²) in [7, 11) is 1.27. The molecule has 0 radical (unpaired) electrons. The molecule has 4 rings (SSSR count). The molecule has 1 atom stereocenters. The molecule has 13 heteroatoms. The monoisotopic (exact) mass is 579 g/mol. The Kier molecular flexibility index (Phi) is 8.79. The van der Waals surface area contributed by atoms with Crippen molar-refractivity contribution in [2.45, 2.75) is 45.3 Å². The van der Waals surface area contributed by atoms with Gasteiger partial charge >= 0.3 is 12.1 Å². The van der Waals surface area contributed by atoms with Crippen molar-refractivity contribution in [2.24, 2.45) is 0 Å². The van der Waals surface area contributed by atoms with E-state index in [-0.39, 0.29) is 52.4 Å². The number of aliphatic hydroxyl groups excluding tert-OH is 1. The van der Waals surface area contributed by atoms with Crippen LogP contribution >= 0.6 is 11.6 Å². The molecule has 1 amide bonds. The lowest BCUT2D eigenvalue weighted by Gasteiger charge is -2.36. The number of piperazine rings is 1. The molecule has 1 aliphatic carbocycles. The molecule has 1 fully saturated rings. The Morgan fingerprint density at radius 1 is 1.20 bits per heavy atom. The summed E-state index contributed by atoms with van der Waals surface area (Å²) in [6, 6.07) is 1.45. The van der Waals surface area contributed by atoms with Crippen LogP contribution in [0.2, 0.25) is 5.02 Å². The Bertz CT molecular complexity index is 1370. The molecule has 2 heterocycles. The van der Waals surface area contributed by atoms with Crippen molar-refractivity contribution >= 4 is 51.9 Å². The maximum Gasteiger partial charge on any atom is 0.410 e. The van der Waals surface area contributed by atoms with Crippen molar-refractivity contribution in [2.75, 3.05) is 50.1 Å². The minimum atomic E-state index is -1.28. The van der Waals surface area contributed by atoms with E-state index in [0.29, 0.717) is 32.0 Å². The average Bonchev–Trinajstić information content (AvgIpc) is 2.89. The molecule has 10 nitrogen and oxygen atoms in total. The van der Waals surface area contributed by atoms with Crippen molar-refractivity contribution in [3.8, 4) is 0 Å². The Morgan fingerprint density at radius 2 is 1.90 bits per heavy atom. The van der Waals surface area contributed by atoms with Crippen LogP contribution in [-0.2, 0) is 14.3 Å². The first-order valence-corrected chi connectivity index (χ1v) is 13.3. The number of ether oxygens (including phenoxy) is 2. The maximum absolute atomic E-state index is 16.1. The van der Waals surface area contributed by atoms with E-state index in [4.69, 9.17) is 16.3 Å². The van der Waals surface area contributed by atoms with Gasteiger partial charge in [-0.2, -0.15) is 4.98 Å². The van der Waals surface area contributed by atoms with E-state index in [1.165, 1.54) is 19.3 Å². The molecule has 40 heavy (non-hydrogen) atoms. The highest BCUT2D eigenvalue weighted by Crippen LogP contribution is 2.40. The van der Waals surface area contributed by atoms with Crippen molar-refractivity contribution in [1.82, 2.24) is 14.9 Å². The average molecular weight is 580 g/mol. The third-order valence-electron chi connectivity index (χ3n) is 6.42. The van der Waals surface area contributed by atoms with Gasteiger partial charge in [-0.1, -0.05) is 17.7 Å². The fourth-order valence-corrected chi connectivity index (χ4v) is 4.80. The van der Waals surface area contributed by atoms with Gasteiger partial charge in [-0.3, -0.25) is 4.79 Å². The summed E-state index contributed by atoms with van der Waals surface area (Å²) in [6.45, 7) is 6.87. The number of hydrogen-bond donors (Lipinski definition) is 2. The smallest absolute Gasteiger partial charge is 0.410 e. The molecule has 216 valence electrons. The number of carbonyl (C=O) groups is 2. The van der Waals surface area contributed by atoms with Crippen LogP contribution in [0, 0.1) is 5.82 Å². The number of aromatic nitrogens is 2. The number of methoxy groups -OCH3 is 1. The van der Waals surface area contributed by atoms with E-state index in [1.54, 1.807) is 25.7 Å². The number of carbonyl (C=O) groups excluding carboxylic acids is 2. The lowest BCUT2D eigenvalue weighted by molar-refractivity contribution is -0.140. The van der Waals surface area contributed by atoms with Gasteiger partial charge in [0.1, 0.15) is 22.8 Å². The zero-order chi connectivity index (χ0) is 29.2. The fraction of sp³-hybridized carbons (Fsp3) is 0.481. The number of fused-ring (bicyclic) bond motifs is 1. The van der Waals surface area contributed by atoms with Gasteiger partial charge in [-0.15, -0.1) is 0 Å². The van der Waals surface area contributed by atoms with Gasteiger partial charge in [-0.05, 0) is 39.3 Å². The summed E-state index contributed by atoms with van der Waals surface area (Å²) in [5.41, 5.74) is -1.30. The van der Waals surface area contributed by atoms with Crippen LogP contribution in [0.3, 0.4) is 0 Å². The summed E-state index contributed by atoms with van der Waals surface area (Å²) in [5.74, 6) is -1.77. The van der Waals surface area contributed by atoms with Crippen LogP contribution in [-0.4, -0.2) is 83.6 Å². The van der Waals surface area contributed by atoms with Gasteiger partial charge in [0.2, 0.25) is 5.95 Å². The summed E-state index contributed by atoms with van der Waals surface area (Å²) in [5, 5.41) is 13.5. The number of benzene rings is 1. The number of amides is 1. The number of hydrogen-bond acceptors (Lipinski definition) is 9. The van der Waals surface area contributed by atoms with Crippen LogP contribution < -0.4 is 10.2 Å². The lowest BCUT2D eigenvalue weighted by Crippen LogP contribution is -2.50. The van der Waals surface area contributed by atoms with E-state index in [0.717, 1.165) is 6.08 Å². The van der Waals surface area contributed by atoms with Crippen LogP contribution in [0.1, 0.15) is 39.2 Å². The van der Waals surface area contributed by atoms with Crippen molar-refractivity contribution in [1.29, 1.82) is 0 Å². The van der Waals surface area contributed by atoms with Crippen LogP contribution in [0.5, 0.6) is 0 Å². The second kappa shape index (κ2) is 11.9. The number of rotatable bonds is 6. The molecule has 1 saturated heterocycles.